The van der Waals surface area contributed by atoms with Crippen molar-refractivity contribution in [3.8, 4) is 0 Å². The van der Waals surface area contributed by atoms with Crippen molar-refractivity contribution in [3.05, 3.63) is 11.1 Å². The van der Waals surface area contributed by atoms with Crippen LogP contribution < -0.4 is 4.90 Å². The molecule has 0 radical (unpaired) electrons. The van der Waals surface area contributed by atoms with Crippen molar-refractivity contribution < 1.29 is 23.4 Å². The molecule has 23 heavy (non-hydrogen) atoms. The molecule has 2 saturated heterocycles. The van der Waals surface area contributed by atoms with Crippen LogP contribution in [0.15, 0.2) is 5.38 Å². The van der Waals surface area contributed by atoms with Crippen molar-refractivity contribution in [1.29, 1.82) is 0 Å². The van der Waals surface area contributed by atoms with E-state index < -0.39 is 24.1 Å². The summed E-state index contributed by atoms with van der Waals surface area (Å²) < 4.78 is 37.9. The van der Waals surface area contributed by atoms with Crippen LogP contribution in [0.1, 0.15) is 18.5 Å². The highest BCUT2D eigenvalue weighted by molar-refractivity contribution is 7.13. The van der Waals surface area contributed by atoms with Crippen LogP contribution >= 0.6 is 11.3 Å². The Morgan fingerprint density at radius 3 is 2.61 bits per heavy atom. The standard InChI is InChI=1S/C14H20F3N3O2S/c15-14(16,17)12-8-23-13(18-12)20-4-1-9(6-20)5-19-3-2-10(21)11(22)7-19/h8-11,21-22H,1-7H2/t9-,10-,11-/m1/s1. The number of hydrogen-bond acceptors (Lipinski definition) is 6. The minimum absolute atomic E-state index is 0.343. The first-order valence-corrected chi connectivity index (χ1v) is 8.57. The SMILES string of the molecule is O[C@@H]1CCN(C[C@H]2CCN(c3nc(C(F)(F)F)cs3)C2)C[C@H]1O. The van der Waals surface area contributed by atoms with Gasteiger partial charge in [0.15, 0.2) is 10.8 Å². The predicted molar refractivity (Wildman–Crippen MR) is 80.5 cm³/mol. The van der Waals surface area contributed by atoms with Crippen molar-refractivity contribution in [2.24, 2.45) is 5.92 Å². The van der Waals surface area contributed by atoms with Crippen LogP contribution in [0.25, 0.3) is 0 Å². The molecule has 2 aliphatic rings. The second-order valence-corrected chi connectivity index (χ2v) is 7.13. The number of likely N-dealkylation sites (tertiary alicyclic amines) is 1. The van der Waals surface area contributed by atoms with E-state index in [0.29, 0.717) is 37.1 Å². The van der Waals surface area contributed by atoms with Gasteiger partial charge in [-0.2, -0.15) is 13.2 Å². The Morgan fingerprint density at radius 1 is 1.17 bits per heavy atom. The third-order valence-corrected chi connectivity index (χ3v) is 5.39. The fourth-order valence-corrected chi connectivity index (χ4v) is 4.08. The first kappa shape index (κ1) is 16.9. The van der Waals surface area contributed by atoms with Gasteiger partial charge in [-0.3, -0.25) is 0 Å². The van der Waals surface area contributed by atoms with Crippen molar-refractivity contribution in [3.63, 3.8) is 0 Å². The molecule has 5 nitrogen and oxygen atoms in total. The molecule has 0 spiro atoms. The quantitative estimate of drug-likeness (QED) is 0.863. The van der Waals surface area contributed by atoms with E-state index in [2.05, 4.69) is 9.88 Å². The number of aliphatic hydroxyl groups is 2. The Morgan fingerprint density at radius 2 is 1.96 bits per heavy atom. The van der Waals surface area contributed by atoms with Gasteiger partial charge in [0, 0.05) is 38.1 Å². The number of nitrogens with zero attached hydrogens (tertiary/aromatic N) is 3. The number of thiazole rings is 1. The first-order valence-electron chi connectivity index (χ1n) is 7.69. The van der Waals surface area contributed by atoms with Crippen LogP contribution in [0.4, 0.5) is 18.3 Å². The average molecular weight is 351 g/mol. The Labute approximate surface area is 136 Å². The van der Waals surface area contributed by atoms with E-state index in [4.69, 9.17) is 0 Å². The lowest BCUT2D eigenvalue weighted by Gasteiger charge is -2.34. The van der Waals surface area contributed by atoms with E-state index in [0.717, 1.165) is 36.2 Å². The Hall–Kier alpha value is -0.900. The molecule has 2 fully saturated rings. The van der Waals surface area contributed by atoms with Crippen molar-refractivity contribution in [1.82, 2.24) is 9.88 Å². The van der Waals surface area contributed by atoms with Gasteiger partial charge in [-0.15, -0.1) is 11.3 Å². The summed E-state index contributed by atoms with van der Waals surface area (Å²) in [4.78, 5) is 7.72. The van der Waals surface area contributed by atoms with Gasteiger partial charge in [-0.25, -0.2) is 4.98 Å². The molecule has 2 aliphatic heterocycles. The van der Waals surface area contributed by atoms with Crippen LogP contribution in [-0.2, 0) is 6.18 Å². The van der Waals surface area contributed by atoms with Crippen molar-refractivity contribution >= 4 is 16.5 Å². The molecular formula is C14H20F3N3O2S. The van der Waals surface area contributed by atoms with E-state index in [1.807, 2.05) is 4.90 Å². The third kappa shape index (κ3) is 3.96. The van der Waals surface area contributed by atoms with E-state index in [1.54, 1.807) is 0 Å². The fraction of sp³-hybridized carbons (Fsp3) is 0.786. The molecule has 3 heterocycles. The minimum Gasteiger partial charge on any atom is -0.390 e. The number of β-amino-alcohol motifs (C(OH)–C–C–N with tert-alkyl or cyclic N) is 1. The smallest absolute Gasteiger partial charge is 0.390 e. The largest absolute Gasteiger partial charge is 0.434 e. The number of hydrogen-bond donors (Lipinski definition) is 2. The van der Waals surface area contributed by atoms with Crippen LogP contribution in [0.3, 0.4) is 0 Å². The van der Waals surface area contributed by atoms with Crippen LogP contribution in [0.5, 0.6) is 0 Å². The summed E-state index contributed by atoms with van der Waals surface area (Å²) in [5.41, 5.74) is -0.825. The number of aromatic nitrogens is 1. The topological polar surface area (TPSA) is 59.8 Å². The first-order chi connectivity index (χ1) is 10.8. The maximum absolute atomic E-state index is 12.6. The summed E-state index contributed by atoms with van der Waals surface area (Å²) in [6.45, 7) is 3.36. The van der Waals surface area contributed by atoms with Crippen molar-refractivity contribution in [2.75, 3.05) is 37.6 Å². The zero-order valence-electron chi connectivity index (χ0n) is 12.5. The summed E-state index contributed by atoms with van der Waals surface area (Å²) in [5.74, 6) is 0.343. The van der Waals surface area contributed by atoms with Gasteiger partial charge in [0.05, 0.1) is 12.2 Å². The summed E-state index contributed by atoms with van der Waals surface area (Å²) >= 11 is 1.03. The van der Waals surface area contributed by atoms with E-state index in [9.17, 15) is 23.4 Å². The summed E-state index contributed by atoms with van der Waals surface area (Å²) in [6, 6.07) is 0. The number of alkyl halides is 3. The number of rotatable bonds is 3. The lowest BCUT2D eigenvalue weighted by molar-refractivity contribution is -0.140. The highest BCUT2D eigenvalue weighted by Crippen LogP contribution is 2.34. The Balaban J connectivity index is 1.53. The highest BCUT2D eigenvalue weighted by Gasteiger charge is 2.35. The molecule has 3 rings (SSSR count). The van der Waals surface area contributed by atoms with Gasteiger partial charge in [0.1, 0.15) is 0 Å². The van der Waals surface area contributed by atoms with Crippen LogP contribution in [-0.4, -0.2) is 65.0 Å². The van der Waals surface area contributed by atoms with Gasteiger partial charge in [-0.1, -0.05) is 0 Å². The molecule has 0 aliphatic carbocycles. The molecule has 0 amide bonds. The summed E-state index contributed by atoms with van der Waals surface area (Å²) in [6.07, 6.45) is -4.30. The molecule has 1 aromatic rings. The molecule has 3 atom stereocenters. The van der Waals surface area contributed by atoms with Gasteiger partial charge in [-0.05, 0) is 18.8 Å². The number of halogens is 3. The van der Waals surface area contributed by atoms with Gasteiger partial charge >= 0.3 is 6.18 Å². The molecule has 0 unspecified atom stereocenters. The normalized spacial score (nSPS) is 30.1. The zero-order chi connectivity index (χ0) is 16.6. The number of anilines is 1. The maximum atomic E-state index is 12.6. The molecular weight excluding hydrogens is 331 g/mol. The minimum atomic E-state index is -4.39. The maximum Gasteiger partial charge on any atom is 0.434 e. The fourth-order valence-electron chi connectivity index (χ4n) is 3.21. The molecule has 2 N–H and O–H groups in total. The lowest BCUT2D eigenvalue weighted by Crippen LogP contribution is -2.48. The average Bonchev–Trinajstić information content (AvgIpc) is 3.11. The molecule has 0 saturated carbocycles. The van der Waals surface area contributed by atoms with Crippen LogP contribution in [0, 0.1) is 5.92 Å². The number of piperidine rings is 1. The van der Waals surface area contributed by atoms with Gasteiger partial charge in [0.25, 0.3) is 0 Å². The number of aliphatic hydroxyl groups excluding tert-OH is 2. The molecule has 1 aromatic heterocycles. The van der Waals surface area contributed by atoms with Crippen LogP contribution in [0.2, 0.25) is 0 Å². The molecule has 9 heteroatoms. The Kier molecular flexibility index (Phi) is 4.82. The second kappa shape index (κ2) is 6.54. The molecule has 0 bridgehead atoms. The van der Waals surface area contributed by atoms with E-state index >= 15 is 0 Å². The summed E-state index contributed by atoms with van der Waals surface area (Å²) in [5, 5.41) is 20.7. The van der Waals surface area contributed by atoms with Gasteiger partial charge in [0.2, 0.25) is 0 Å². The molecule has 130 valence electrons. The van der Waals surface area contributed by atoms with Crippen molar-refractivity contribution in [2.45, 2.75) is 31.2 Å². The summed E-state index contributed by atoms with van der Waals surface area (Å²) in [7, 11) is 0. The van der Waals surface area contributed by atoms with E-state index in [1.165, 1.54) is 0 Å². The zero-order valence-corrected chi connectivity index (χ0v) is 13.4. The second-order valence-electron chi connectivity index (χ2n) is 6.30. The monoisotopic (exact) mass is 351 g/mol. The Bertz CT molecular complexity index is 540. The van der Waals surface area contributed by atoms with E-state index in [-0.39, 0.29) is 0 Å². The predicted octanol–water partition coefficient (Wildman–Crippen LogP) is 1.42. The van der Waals surface area contributed by atoms with Gasteiger partial charge < -0.3 is 20.0 Å². The lowest BCUT2D eigenvalue weighted by atomic mass is 10.0. The highest BCUT2D eigenvalue weighted by atomic mass is 32.1. The molecule has 0 aromatic carbocycles. The third-order valence-electron chi connectivity index (χ3n) is 4.49.